The Bertz CT molecular complexity index is 573. The molecule has 0 unspecified atom stereocenters. The van der Waals surface area contributed by atoms with Crippen LogP contribution in [-0.4, -0.2) is 32.1 Å². The molecule has 1 aliphatic carbocycles. The van der Waals surface area contributed by atoms with Crippen molar-refractivity contribution in [2.45, 2.75) is 25.4 Å². The Kier molecular flexibility index (Phi) is 4.78. The maximum atomic E-state index is 4.31. The van der Waals surface area contributed by atoms with Gasteiger partial charge in [-0.3, -0.25) is 4.99 Å². The van der Waals surface area contributed by atoms with Crippen LogP contribution >= 0.6 is 0 Å². The first-order valence-corrected chi connectivity index (χ1v) is 7.96. The highest BCUT2D eigenvalue weighted by Gasteiger charge is 2.12. The highest BCUT2D eigenvalue weighted by atomic mass is 15.2. The second-order valence-corrected chi connectivity index (χ2v) is 5.76. The summed E-state index contributed by atoms with van der Waals surface area (Å²) in [6.45, 7) is 2.80. The van der Waals surface area contributed by atoms with Gasteiger partial charge in [-0.15, -0.1) is 0 Å². The number of hydrogen-bond acceptors (Lipinski definition) is 2. The van der Waals surface area contributed by atoms with Crippen LogP contribution in [0.3, 0.4) is 0 Å². The van der Waals surface area contributed by atoms with Crippen LogP contribution in [-0.2, 0) is 6.54 Å². The number of guanidine groups is 1. The van der Waals surface area contributed by atoms with Crippen LogP contribution < -0.4 is 15.5 Å². The monoisotopic (exact) mass is 296 g/mol. The highest BCUT2D eigenvalue weighted by molar-refractivity contribution is 5.80. The van der Waals surface area contributed by atoms with E-state index >= 15 is 0 Å². The molecule has 1 aromatic carbocycles. The molecule has 3 rings (SSSR count). The summed E-state index contributed by atoms with van der Waals surface area (Å²) in [5, 5.41) is 6.87. The molecule has 2 N–H and O–H groups in total. The van der Waals surface area contributed by atoms with Gasteiger partial charge in [-0.1, -0.05) is 36.4 Å². The summed E-state index contributed by atoms with van der Waals surface area (Å²) < 4.78 is 0. The zero-order valence-electron chi connectivity index (χ0n) is 13.1. The second-order valence-electron chi connectivity index (χ2n) is 5.76. The van der Waals surface area contributed by atoms with E-state index < -0.39 is 0 Å². The smallest absolute Gasteiger partial charge is 0.191 e. The lowest BCUT2D eigenvalue weighted by molar-refractivity contribution is 0.633. The number of benzene rings is 1. The SMILES string of the molecule is CN=C(NCc1cccc(N2CC=CC2)c1)NC1CC=CC1. The zero-order valence-corrected chi connectivity index (χ0v) is 13.1. The summed E-state index contributed by atoms with van der Waals surface area (Å²) in [4.78, 5) is 6.67. The van der Waals surface area contributed by atoms with Gasteiger partial charge in [-0.05, 0) is 30.5 Å². The van der Waals surface area contributed by atoms with Crippen LogP contribution in [0.25, 0.3) is 0 Å². The summed E-state index contributed by atoms with van der Waals surface area (Å²) in [5.41, 5.74) is 2.56. The van der Waals surface area contributed by atoms with E-state index in [1.807, 2.05) is 7.05 Å². The fourth-order valence-electron chi connectivity index (χ4n) is 2.86. The van der Waals surface area contributed by atoms with Crippen LogP contribution in [0.15, 0.2) is 53.6 Å². The Morgan fingerprint density at radius 3 is 2.68 bits per heavy atom. The predicted molar refractivity (Wildman–Crippen MR) is 93.3 cm³/mol. The highest BCUT2D eigenvalue weighted by Crippen LogP contribution is 2.18. The van der Waals surface area contributed by atoms with E-state index in [1.54, 1.807) is 0 Å². The van der Waals surface area contributed by atoms with Gasteiger partial charge < -0.3 is 15.5 Å². The van der Waals surface area contributed by atoms with Gasteiger partial charge in [-0.2, -0.15) is 0 Å². The predicted octanol–water partition coefficient (Wildman–Crippen LogP) is 2.45. The lowest BCUT2D eigenvalue weighted by Crippen LogP contribution is -2.42. The van der Waals surface area contributed by atoms with Crippen molar-refractivity contribution in [2.24, 2.45) is 4.99 Å². The Morgan fingerprint density at radius 2 is 1.95 bits per heavy atom. The standard InChI is InChI=1S/C18H24N4/c1-19-18(21-16-8-2-3-9-16)20-14-15-7-6-10-17(13-15)22-11-4-5-12-22/h2-7,10,13,16H,8-9,11-12,14H2,1H3,(H2,19,20,21). The number of anilines is 1. The minimum atomic E-state index is 0.480. The Balaban J connectivity index is 1.54. The van der Waals surface area contributed by atoms with Crippen molar-refractivity contribution in [3.05, 3.63) is 54.1 Å². The number of nitrogens with one attached hydrogen (secondary N) is 2. The Hall–Kier alpha value is -2.23. The van der Waals surface area contributed by atoms with Crippen LogP contribution in [0.1, 0.15) is 18.4 Å². The van der Waals surface area contributed by atoms with E-state index in [0.717, 1.165) is 38.4 Å². The number of hydrogen-bond donors (Lipinski definition) is 2. The number of nitrogens with zero attached hydrogens (tertiary/aromatic N) is 2. The lowest BCUT2D eigenvalue weighted by atomic mass is 10.2. The molecule has 22 heavy (non-hydrogen) atoms. The van der Waals surface area contributed by atoms with Crippen LogP contribution in [0, 0.1) is 0 Å². The molecule has 116 valence electrons. The van der Waals surface area contributed by atoms with E-state index in [1.165, 1.54) is 11.3 Å². The first-order chi connectivity index (χ1) is 10.8. The summed E-state index contributed by atoms with van der Waals surface area (Å²) in [6.07, 6.45) is 11.0. The second kappa shape index (κ2) is 7.16. The van der Waals surface area contributed by atoms with Crippen molar-refractivity contribution < 1.29 is 0 Å². The molecular formula is C18H24N4. The Morgan fingerprint density at radius 1 is 1.18 bits per heavy atom. The van der Waals surface area contributed by atoms with E-state index in [4.69, 9.17) is 0 Å². The van der Waals surface area contributed by atoms with Crippen molar-refractivity contribution in [1.29, 1.82) is 0 Å². The van der Waals surface area contributed by atoms with Gasteiger partial charge in [0.2, 0.25) is 0 Å². The average Bonchev–Trinajstić information content (AvgIpc) is 3.25. The first-order valence-electron chi connectivity index (χ1n) is 7.96. The molecule has 0 saturated carbocycles. The zero-order chi connectivity index (χ0) is 15.2. The lowest BCUT2D eigenvalue weighted by Gasteiger charge is -2.19. The number of rotatable bonds is 4. The van der Waals surface area contributed by atoms with Crippen LogP contribution in [0.5, 0.6) is 0 Å². The van der Waals surface area contributed by atoms with Gasteiger partial charge in [0.15, 0.2) is 5.96 Å². The van der Waals surface area contributed by atoms with Crippen molar-refractivity contribution in [3.63, 3.8) is 0 Å². The van der Waals surface area contributed by atoms with Gasteiger partial charge in [0, 0.05) is 38.4 Å². The van der Waals surface area contributed by atoms with Gasteiger partial charge in [0.1, 0.15) is 0 Å². The van der Waals surface area contributed by atoms with Gasteiger partial charge >= 0.3 is 0 Å². The third-order valence-corrected chi connectivity index (χ3v) is 4.13. The molecule has 0 radical (unpaired) electrons. The van der Waals surface area contributed by atoms with Crippen molar-refractivity contribution in [3.8, 4) is 0 Å². The van der Waals surface area contributed by atoms with Gasteiger partial charge in [-0.25, -0.2) is 0 Å². The van der Waals surface area contributed by atoms with Crippen LogP contribution in [0.2, 0.25) is 0 Å². The minimum absolute atomic E-state index is 0.480. The third-order valence-electron chi connectivity index (χ3n) is 4.13. The maximum Gasteiger partial charge on any atom is 0.191 e. The molecule has 2 aliphatic rings. The number of aliphatic imine (C=N–C) groups is 1. The largest absolute Gasteiger partial charge is 0.364 e. The van der Waals surface area contributed by atoms with Crippen molar-refractivity contribution >= 4 is 11.6 Å². The molecule has 1 heterocycles. The van der Waals surface area contributed by atoms with E-state index in [0.29, 0.717) is 6.04 Å². The topological polar surface area (TPSA) is 39.7 Å². The van der Waals surface area contributed by atoms with E-state index in [2.05, 4.69) is 69.1 Å². The first kappa shape index (κ1) is 14.7. The van der Waals surface area contributed by atoms with Crippen molar-refractivity contribution in [2.75, 3.05) is 25.0 Å². The van der Waals surface area contributed by atoms with Gasteiger partial charge in [0.25, 0.3) is 0 Å². The molecule has 4 nitrogen and oxygen atoms in total. The molecule has 0 saturated heterocycles. The van der Waals surface area contributed by atoms with E-state index in [-0.39, 0.29) is 0 Å². The quantitative estimate of drug-likeness (QED) is 0.509. The summed E-state index contributed by atoms with van der Waals surface area (Å²) in [5.74, 6) is 0.877. The summed E-state index contributed by atoms with van der Waals surface area (Å²) >= 11 is 0. The summed E-state index contributed by atoms with van der Waals surface area (Å²) in [6, 6.07) is 9.19. The Labute approximate surface area is 132 Å². The maximum absolute atomic E-state index is 4.31. The van der Waals surface area contributed by atoms with Crippen molar-refractivity contribution in [1.82, 2.24) is 10.6 Å². The molecule has 1 aliphatic heterocycles. The normalized spacial score (nSPS) is 18.2. The molecular weight excluding hydrogens is 272 g/mol. The molecule has 0 spiro atoms. The average molecular weight is 296 g/mol. The molecule has 0 bridgehead atoms. The molecule has 0 amide bonds. The fraction of sp³-hybridized carbons (Fsp3) is 0.389. The molecule has 0 atom stereocenters. The fourth-order valence-corrected chi connectivity index (χ4v) is 2.86. The molecule has 1 aromatic rings. The van der Waals surface area contributed by atoms with Gasteiger partial charge in [0.05, 0.1) is 0 Å². The molecule has 4 heteroatoms. The third kappa shape index (κ3) is 3.70. The van der Waals surface area contributed by atoms with E-state index in [9.17, 15) is 0 Å². The molecule has 0 fully saturated rings. The van der Waals surface area contributed by atoms with Crippen LogP contribution in [0.4, 0.5) is 5.69 Å². The molecule has 0 aromatic heterocycles. The summed E-state index contributed by atoms with van der Waals surface area (Å²) in [7, 11) is 1.82. The minimum Gasteiger partial charge on any atom is -0.364 e.